The molecule has 0 spiro atoms. The molecule has 0 aromatic carbocycles. The maximum absolute atomic E-state index is 5.02. The summed E-state index contributed by atoms with van der Waals surface area (Å²) >= 11 is 0. The number of hydrogen-bond donors (Lipinski definition) is 1. The van der Waals surface area contributed by atoms with Crippen LogP contribution in [0.3, 0.4) is 0 Å². The Morgan fingerprint density at radius 2 is 1.86 bits per heavy atom. The van der Waals surface area contributed by atoms with Crippen LogP contribution in [0, 0.1) is 0 Å². The summed E-state index contributed by atoms with van der Waals surface area (Å²) in [4.78, 5) is 0. The van der Waals surface area contributed by atoms with E-state index >= 15 is 0 Å². The van der Waals surface area contributed by atoms with Gasteiger partial charge in [0.15, 0.2) is 0 Å². The van der Waals surface area contributed by atoms with Gasteiger partial charge in [0.05, 0.1) is 19.3 Å². The van der Waals surface area contributed by atoms with Gasteiger partial charge in [-0.05, 0) is 13.0 Å². The van der Waals surface area contributed by atoms with Crippen molar-refractivity contribution in [2.45, 2.75) is 26.8 Å². The lowest BCUT2D eigenvalue weighted by molar-refractivity contribution is -0.000247. The van der Waals surface area contributed by atoms with Crippen molar-refractivity contribution in [2.75, 3.05) is 13.2 Å². The molecular weight excluding hydrogens is 174 g/mol. The topological polar surface area (TPSA) is 21.3 Å². The van der Waals surface area contributed by atoms with E-state index in [0.717, 1.165) is 24.5 Å². The van der Waals surface area contributed by atoms with Crippen LogP contribution in [-0.2, 0) is 4.74 Å². The van der Waals surface area contributed by atoms with Crippen LogP contribution >= 0.6 is 0 Å². The van der Waals surface area contributed by atoms with Gasteiger partial charge in [-0.2, -0.15) is 0 Å². The fourth-order valence-corrected chi connectivity index (χ4v) is 0.872. The fraction of sp³-hybridized carbons (Fsp3) is 0.500. The molecule has 0 amide bonds. The van der Waals surface area contributed by atoms with Gasteiger partial charge in [-0.15, -0.1) is 0 Å². The molecule has 1 fully saturated rings. The van der Waals surface area contributed by atoms with Crippen LogP contribution in [0.5, 0.6) is 0 Å². The second-order valence-electron chi connectivity index (χ2n) is 3.08. The first-order valence-corrected chi connectivity index (χ1v) is 5.05. The van der Waals surface area contributed by atoms with Crippen LogP contribution in [0.4, 0.5) is 0 Å². The van der Waals surface area contributed by atoms with E-state index in [1.165, 1.54) is 0 Å². The SMILES string of the molecule is C=C(C)/C=C\C(=C)NC1COC1.CC. The largest absolute Gasteiger partial charge is 0.378 e. The van der Waals surface area contributed by atoms with E-state index in [2.05, 4.69) is 18.5 Å². The van der Waals surface area contributed by atoms with E-state index in [4.69, 9.17) is 4.74 Å². The normalized spacial score (nSPS) is 15.4. The second-order valence-corrected chi connectivity index (χ2v) is 3.08. The van der Waals surface area contributed by atoms with Crippen molar-refractivity contribution in [3.63, 3.8) is 0 Å². The first kappa shape index (κ1) is 13.0. The van der Waals surface area contributed by atoms with Crippen molar-refractivity contribution in [3.8, 4) is 0 Å². The predicted molar refractivity (Wildman–Crippen MR) is 62.2 cm³/mol. The monoisotopic (exact) mass is 195 g/mol. The van der Waals surface area contributed by atoms with E-state index in [9.17, 15) is 0 Å². The van der Waals surface area contributed by atoms with Crippen molar-refractivity contribution in [1.29, 1.82) is 0 Å². The Bertz CT molecular complexity index is 214. The van der Waals surface area contributed by atoms with Gasteiger partial charge in [0.2, 0.25) is 0 Å². The summed E-state index contributed by atoms with van der Waals surface area (Å²) in [6, 6.07) is 0.451. The standard InChI is InChI=1S/C10H15NO.C2H6/c1-8(2)4-5-9(3)11-10-6-12-7-10;1-2/h4-5,10-11H,1,3,6-7H2,2H3;1-2H3/b5-4-;. The summed E-state index contributed by atoms with van der Waals surface area (Å²) in [6.45, 7) is 15.2. The maximum Gasteiger partial charge on any atom is 0.0728 e. The Morgan fingerprint density at radius 3 is 2.21 bits per heavy atom. The van der Waals surface area contributed by atoms with Gasteiger partial charge in [-0.3, -0.25) is 0 Å². The molecule has 0 unspecified atom stereocenters. The third-order valence-electron chi connectivity index (χ3n) is 1.60. The zero-order valence-corrected chi connectivity index (χ0v) is 9.47. The molecule has 80 valence electrons. The zero-order chi connectivity index (χ0) is 11.0. The summed E-state index contributed by atoms with van der Waals surface area (Å²) in [5, 5.41) is 3.22. The molecule has 14 heavy (non-hydrogen) atoms. The molecule has 2 heteroatoms. The highest BCUT2D eigenvalue weighted by molar-refractivity contribution is 5.22. The van der Waals surface area contributed by atoms with E-state index in [1.807, 2.05) is 32.9 Å². The molecule has 0 bridgehead atoms. The Hall–Kier alpha value is -1.02. The second kappa shape index (κ2) is 7.39. The van der Waals surface area contributed by atoms with Crippen molar-refractivity contribution >= 4 is 0 Å². The fourth-order valence-electron chi connectivity index (χ4n) is 0.872. The minimum atomic E-state index is 0.451. The third kappa shape index (κ3) is 5.60. The van der Waals surface area contributed by atoms with Crippen molar-refractivity contribution in [1.82, 2.24) is 5.32 Å². The highest BCUT2D eigenvalue weighted by Gasteiger charge is 2.16. The lowest BCUT2D eigenvalue weighted by atomic mass is 10.2. The third-order valence-corrected chi connectivity index (χ3v) is 1.60. The first-order valence-electron chi connectivity index (χ1n) is 5.05. The van der Waals surface area contributed by atoms with Gasteiger partial charge in [0.1, 0.15) is 0 Å². The Balaban J connectivity index is 0.000000791. The van der Waals surface area contributed by atoms with E-state index < -0.39 is 0 Å². The molecule has 0 aliphatic carbocycles. The van der Waals surface area contributed by atoms with Crippen LogP contribution in [0.1, 0.15) is 20.8 Å². The van der Waals surface area contributed by atoms with E-state index in [1.54, 1.807) is 0 Å². The van der Waals surface area contributed by atoms with Crippen molar-refractivity contribution in [3.05, 3.63) is 36.6 Å². The van der Waals surface area contributed by atoms with Gasteiger partial charge in [-0.1, -0.05) is 38.7 Å². The smallest absolute Gasteiger partial charge is 0.0728 e. The number of rotatable bonds is 4. The van der Waals surface area contributed by atoms with Crippen LogP contribution in [-0.4, -0.2) is 19.3 Å². The van der Waals surface area contributed by atoms with Gasteiger partial charge < -0.3 is 10.1 Å². The Morgan fingerprint density at radius 1 is 1.29 bits per heavy atom. The average Bonchev–Trinajstić information content (AvgIpc) is 2.11. The minimum Gasteiger partial charge on any atom is -0.378 e. The summed E-state index contributed by atoms with van der Waals surface area (Å²) in [7, 11) is 0. The van der Waals surface area contributed by atoms with Crippen LogP contribution in [0.15, 0.2) is 36.6 Å². The van der Waals surface area contributed by atoms with Gasteiger partial charge in [-0.25, -0.2) is 0 Å². The Labute approximate surface area is 87.3 Å². The number of allylic oxidation sites excluding steroid dienone is 3. The predicted octanol–water partition coefficient (Wildman–Crippen LogP) is 2.65. The van der Waals surface area contributed by atoms with E-state index in [-0.39, 0.29) is 0 Å². The number of hydrogen-bond acceptors (Lipinski definition) is 2. The lowest BCUT2D eigenvalue weighted by Gasteiger charge is -2.27. The average molecular weight is 195 g/mol. The highest BCUT2D eigenvalue weighted by atomic mass is 16.5. The molecule has 0 atom stereocenters. The number of ether oxygens (including phenoxy) is 1. The molecule has 1 N–H and O–H groups in total. The summed E-state index contributed by atoms with van der Waals surface area (Å²) in [6.07, 6.45) is 3.87. The summed E-state index contributed by atoms with van der Waals surface area (Å²) in [5.41, 5.74) is 1.95. The number of nitrogens with one attached hydrogen (secondary N) is 1. The molecule has 1 saturated heterocycles. The van der Waals surface area contributed by atoms with Crippen LogP contribution < -0.4 is 5.32 Å². The molecule has 1 aliphatic rings. The molecule has 1 aliphatic heterocycles. The quantitative estimate of drug-likeness (QED) is 0.696. The van der Waals surface area contributed by atoms with Gasteiger partial charge in [0.25, 0.3) is 0 Å². The molecule has 0 radical (unpaired) electrons. The maximum atomic E-state index is 5.02. The molecule has 0 saturated carbocycles. The molecule has 1 heterocycles. The van der Waals surface area contributed by atoms with Crippen molar-refractivity contribution in [2.24, 2.45) is 0 Å². The zero-order valence-electron chi connectivity index (χ0n) is 9.47. The molecular formula is C12H21NO. The highest BCUT2D eigenvalue weighted by Crippen LogP contribution is 2.03. The minimum absolute atomic E-state index is 0.451. The molecule has 2 nitrogen and oxygen atoms in total. The first-order chi connectivity index (χ1) is 6.68. The van der Waals surface area contributed by atoms with Crippen molar-refractivity contribution < 1.29 is 4.74 Å². The van der Waals surface area contributed by atoms with Crippen LogP contribution in [0.2, 0.25) is 0 Å². The lowest BCUT2D eigenvalue weighted by Crippen LogP contribution is -2.44. The Kier molecular flexibility index (Phi) is 6.85. The summed E-state index contributed by atoms with van der Waals surface area (Å²) in [5.74, 6) is 0. The van der Waals surface area contributed by atoms with Gasteiger partial charge in [0, 0.05) is 5.70 Å². The van der Waals surface area contributed by atoms with E-state index in [0.29, 0.717) is 6.04 Å². The van der Waals surface area contributed by atoms with Crippen LogP contribution in [0.25, 0.3) is 0 Å². The summed E-state index contributed by atoms with van der Waals surface area (Å²) < 4.78 is 5.02. The molecule has 0 aromatic heterocycles. The van der Waals surface area contributed by atoms with Gasteiger partial charge >= 0.3 is 0 Å². The molecule has 0 aromatic rings. The molecule has 1 rings (SSSR count).